The van der Waals surface area contributed by atoms with E-state index in [-0.39, 0.29) is 5.57 Å². The summed E-state index contributed by atoms with van der Waals surface area (Å²) in [6, 6.07) is 13.4. The third kappa shape index (κ3) is 3.89. The first kappa shape index (κ1) is 19.5. The number of ether oxygens (including phenoxy) is 2. The highest BCUT2D eigenvalue weighted by molar-refractivity contribution is 5.97. The quantitative estimate of drug-likeness (QED) is 0.602. The van der Waals surface area contributed by atoms with Crippen LogP contribution in [0, 0.1) is 51.2 Å². The molecule has 8 heteroatoms. The monoisotopic (exact) mass is 364 g/mol. The fourth-order valence-electron chi connectivity index (χ4n) is 2.79. The van der Waals surface area contributed by atoms with E-state index >= 15 is 0 Å². The maximum atomic E-state index is 12.6. The van der Waals surface area contributed by atoms with Crippen molar-refractivity contribution in [3.63, 3.8) is 0 Å². The van der Waals surface area contributed by atoms with Crippen molar-refractivity contribution in [3.8, 4) is 18.2 Å². The minimum absolute atomic E-state index is 0.341. The first-order chi connectivity index (χ1) is 12.8. The lowest BCUT2D eigenvalue weighted by atomic mass is 9.76. The average Bonchev–Trinajstić information content (AvgIpc) is 2.61. The van der Waals surface area contributed by atoms with Gasteiger partial charge in [0.25, 0.3) is 11.7 Å². The Balaban J connectivity index is 2.66. The lowest BCUT2D eigenvalue weighted by molar-refractivity contribution is -0.222. The van der Waals surface area contributed by atoms with Gasteiger partial charge < -0.3 is 20.0 Å². The molecule has 27 heavy (non-hydrogen) atoms. The van der Waals surface area contributed by atoms with Gasteiger partial charge >= 0.3 is 5.97 Å². The van der Waals surface area contributed by atoms with Gasteiger partial charge in [0.1, 0.15) is 5.57 Å². The zero-order valence-electron chi connectivity index (χ0n) is 14.6. The number of nitriles is 3. The molecule has 2 rings (SSSR count). The van der Waals surface area contributed by atoms with Crippen molar-refractivity contribution in [2.75, 3.05) is 0 Å². The largest absolute Gasteiger partial charge is 0.480 e. The lowest BCUT2D eigenvalue weighted by Gasteiger charge is -2.34. The van der Waals surface area contributed by atoms with E-state index in [2.05, 4.69) is 0 Å². The van der Waals surface area contributed by atoms with E-state index in [9.17, 15) is 15.2 Å². The Bertz CT molecular complexity index is 902. The zero-order valence-corrected chi connectivity index (χ0v) is 14.6. The summed E-state index contributed by atoms with van der Waals surface area (Å²) in [6.45, 7) is 2.86. The number of carbonyl (C=O) groups is 1. The van der Waals surface area contributed by atoms with Crippen molar-refractivity contribution >= 4 is 11.7 Å². The molecule has 0 spiro atoms. The standard InChI is InChI=1S/C19H16N4O4/c1-19(2)26-17(24)15(18(25)27-19)14(11-6-4-3-5-7-11)13(10-22)16(23)12(8-20)9-21/h3-7,12-14,23-24H,1-2H3/t13-,14-/m1/s1. The number of cyclic esters (lactones) is 1. The highest BCUT2D eigenvalue weighted by Crippen LogP contribution is 2.39. The first-order valence-electron chi connectivity index (χ1n) is 7.93. The number of nitrogens with one attached hydrogen (secondary N) is 1. The number of esters is 1. The Labute approximate surface area is 156 Å². The molecule has 0 radical (unpaired) electrons. The van der Waals surface area contributed by atoms with Gasteiger partial charge in [0, 0.05) is 19.8 Å². The fraction of sp³-hybridized carbons (Fsp3) is 0.316. The minimum atomic E-state index is -1.47. The predicted molar refractivity (Wildman–Crippen MR) is 91.6 cm³/mol. The van der Waals surface area contributed by atoms with Gasteiger partial charge in [-0.05, 0) is 5.56 Å². The van der Waals surface area contributed by atoms with Crippen LogP contribution in [0.3, 0.4) is 0 Å². The Morgan fingerprint density at radius 2 is 1.70 bits per heavy atom. The van der Waals surface area contributed by atoms with Gasteiger partial charge in [-0.3, -0.25) is 0 Å². The van der Waals surface area contributed by atoms with E-state index in [1.165, 1.54) is 13.8 Å². The Kier molecular flexibility index (Phi) is 5.48. The molecule has 0 unspecified atom stereocenters. The van der Waals surface area contributed by atoms with Crippen LogP contribution in [0.15, 0.2) is 41.9 Å². The topological polar surface area (TPSA) is 151 Å². The number of aliphatic hydroxyl groups excluding tert-OH is 1. The summed E-state index contributed by atoms with van der Waals surface area (Å²) in [6.07, 6.45) is 0. The molecular weight excluding hydrogens is 348 g/mol. The summed E-state index contributed by atoms with van der Waals surface area (Å²) in [5.41, 5.74) is -0.397. The zero-order chi connectivity index (χ0) is 20.2. The van der Waals surface area contributed by atoms with Crippen molar-refractivity contribution in [2.45, 2.75) is 25.6 Å². The number of rotatable bonds is 5. The Morgan fingerprint density at radius 1 is 1.11 bits per heavy atom. The summed E-state index contributed by atoms with van der Waals surface area (Å²) in [4.78, 5) is 12.6. The lowest BCUT2D eigenvalue weighted by Crippen LogP contribution is -2.40. The summed E-state index contributed by atoms with van der Waals surface area (Å²) < 4.78 is 10.4. The van der Waals surface area contributed by atoms with Gasteiger partial charge in [-0.2, -0.15) is 15.8 Å². The molecule has 0 saturated carbocycles. The van der Waals surface area contributed by atoms with E-state index < -0.39 is 41.2 Å². The van der Waals surface area contributed by atoms with Crippen LogP contribution in [-0.4, -0.2) is 22.6 Å². The molecule has 0 aliphatic carbocycles. The second-order valence-corrected chi connectivity index (χ2v) is 6.25. The summed E-state index contributed by atoms with van der Waals surface area (Å²) in [5.74, 6) is -7.02. The molecular formula is C19H16N4O4. The smallest absolute Gasteiger partial charge is 0.345 e. The number of benzene rings is 1. The maximum absolute atomic E-state index is 12.6. The molecule has 0 fully saturated rings. The van der Waals surface area contributed by atoms with Crippen molar-refractivity contribution in [2.24, 2.45) is 11.8 Å². The molecule has 8 nitrogen and oxygen atoms in total. The van der Waals surface area contributed by atoms with Gasteiger partial charge in [0.15, 0.2) is 5.92 Å². The molecule has 2 N–H and O–H groups in total. The molecule has 0 amide bonds. The van der Waals surface area contributed by atoms with Crippen LogP contribution in [0.4, 0.5) is 0 Å². The highest BCUT2D eigenvalue weighted by atomic mass is 16.8. The van der Waals surface area contributed by atoms with Crippen molar-refractivity contribution in [1.82, 2.24) is 0 Å². The predicted octanol–water partition coefficient (Wildman–Crippen LogP) is 2.67. The van der Waals surface area contributed by atoms with Gasteiger partial charge in [-0.25, -0.2) is 4.79 Å². The SMILES string of the molecule is CC1(C)OC(=O)C([C@H](c2ccccc2)[C@@H](C#N)C(=N)C(C#N)C#N)=C(O)O1. The summed E-state index contributed by atoms with van der Waals surface area (Å²) in [5, 5.41) is 46.3. The van der Waals surface area contributed by atoms with Crippen molar-refractivity contribution in [1.29, 1.82) is 21.2 Å². The fourth-order valence-corrected chi connectivity index (χ4v) is 2.79. The van der Waals surface area contributed by atoms with E-state index in [0.717, 1.165) is 0 Å². The highest BCUT2D eigenvalue weighted by Gasteiger charge is 2.45. The van der Waals surface area contributed by atoms with E-state index in [4.69, 9.17) is 25.4 Å². The Morgan fingerprint density at radius 3 is 2.19 bits per heavy atom. The van der Waals surface area contributed by atoms with Gasteiger partial charge in [0.2, 0.25) is 0 Å². The molecule has 0 aromatic heterocycles. The van der Waals surface area contributed by atoms with Crippen LogP contribution in [-0.2, 0) is 14.3 Å². The number of aliphatic hydroxyl groups is 1. The summed E-state index contributed by atoms with van der Waals surface area (Å²) in [7, 11) is 0. The van der Waals surface area contributed by atoms with Gasteiger partial charge in [0.05, 0.1) is 29.8 Å². The third-order valence-electron chi connectivity index (χ3n) is 3.98. The van der Waals surface area contributed by atoms with E-state index in [0.29, 0.717) is 5.56 Å². The third-order valence-corrected chi connectivity index (χ3v) is 3.98. The van der Waals surface area contributed by atoms with E-state index in [1.54, 1.807) is 42.5 Å². The van der Waals surface area contributed by atoms with Crippen LogP contribution < -0.4 is 0 Å². The molecule has 1 aromatic carbocycles. The molecule has 0 saturated heterocycles. The van der Waals surface area contributed by atoms with E-state index in [1.807, 2.05) is 6.07 Å². The number of carbonyl (C=O) groups excluding carboxylic acids is 1. The molecule has 2 atom stereocenters. The Hall–Kier alpha value is -3.83. The van der Waals surface area contributed by atoms with Crippen LogP contribution in [0.2, 0.25) is 0 Å². The normalized spacial score (nSPS) is 17.6. The molecule has 1 aromatic rings. The van der Waals surface area contributed by atoms with Crippen LogP contribution >= 0.6 is 0 Å². The second kappa shape index (κ2) is 7.59. The van der Waals surface area contributed by atoms with Crippen molar-refractivity contribution in [3.05, 3.63) is 47.4 Å². The molecule has 1 aliphatic heterocycles. The number of hydrogen-bond donors (Lipinski definition) is 2. The molecule has 1 heterocycles. The minimum Gasteiger partial charge on any atom is -0.480 e. The number of nitrogens with zero attached hydrogens (tertiary/aromatic N) is 3. The summed E-state index contributed by atoms with van der Waals surface area (Å²) >= 11 is 0. The molecule has 1 aliphatic rings. The average molecular weight is 364 g/mol. The van der Waals surface area contributed by atoms with Crippen LogP contribution in [0.25, 0.3) is 0 Å². The maximum Gasteiger partial charge on any atom is 0.345 e. The first-order valence-corrected chi connectivity index (χ1v) is 7.93. The van der Waals surface area contributed by atoms with Gasteiger partial charge in [-0.1, -0.05) is 30.3 Å². The molecule has 136 valence electrons. The van der Waals surface area contributed by atoms with Gasteiger partial charge in [-0.15, -0.1) is 0 Å². The molecule has 0 bridgehead atoms. The van der Waals surface area contributed by atoms with Crippen LogP contribution in [0.5, 0.6) is 0 Å². The second-order valence-electron chi connectivity index (χ2n) is 6.25. The van der Waals surface area contributed by atoms with Crippen molar-refractivity contribution < 1.29 is 19.4 Å². The van der Waals surface area contributed by atoms with Crippen LogP contribution in [0.1, 0.15) is 25.3 Å². The number of hydrogen-bond acceptors (Lipinski definition) is 8.